The fraction of sp³-hybridized carbons (Fsp3) is 0.143. The molecule has 1 heterocycles. The molecule has 0 bridgehead atoms. The van der Waals surface area contributed by atoms with E-state index in [-0.39, 0.29) is 0 Å². The molecular formula is C14H12N2O. The summed E-state index contributed by atoms with van der Waals surface area (Å²) in [6.45, 7) is 1.93. The van der Waals surface area contributed by atoms with Crippen LogP contribution in [0.2, 0.25) is 0 Å². The molecule has 3 heteroatoms. The second-order valence-electron chi connectivity index (χ2n) is 3.66. The lowest BCUT2D eigenvalue weighted by atomic mass is 9.99. The summed E-state index contributed by atoms with van der Waals surface area (Å²) < 4.78 is 5.11. The van der Waals surface area contributed by atoms with Crippen molar-refractivity contribution < 1.29 is 4.74 Å². The van der Waals surface area contributed by atoms with Crippen molar-refractivity contribution in [2.75, 3.05) is 7.11 Å². The topological polar surface area (TPSA) is 45.9 Å². The van der Waals surface area contributed by atoms with Gasteiger partial charge in [0, 0.05) is 23.0 Å². The maximum Gasteiger partial charge on any atom is 0.120 e. The minimum absolute atomic E-state index is 0.598. The van der Waals surface area contributed by atoms with Gasteiger partial charge in [-0.25, -0.2) is 0 Å². The summed E-state index contributed by atoms with van der Waals surface area (Å²) in [7, 11) is 1.59. The maximum absolute atomic E-state index is 9.16. The molecule has 0 unspecified atom stereocenters. The molecular weight excluding hydrogens is 212 g/mol. The van der Waals surface area contributed by atoms with E-state index < -0.39 is 0 Å². The molecule has 84 valence electrons. The predicted octanol–water partition coefficient (Wildman–Crippen LogP) is 2.94. The number of methoxy groups -OCH3 is 1. The number of benzene rings is 1. The number of hydrogen-bond donors (Lipinski definition) is 0. The van der Waals surface area contributed by atoms with Crippen molar-refractivity contribution in [1.29, 1.82) is 5.26 Å². The lowest BCUT2D eigenvalue weighted by molar-refractivity contribution is 0.414. The molecule has 2 rings (SSSR count). The summed E-state index contributed by atoms with van der Waals surface area (Å²) in [5, 5.41) is 9.16. The first-order valence-electron chi connectivity index (χ1n) is 5.26. The number of aromatic nitrogens is 1. The lowest BCUT2D eigenvalue weighted by Crippen LogP contribution is -1.91. The number of ether oxygens (including phenoxy) is 1. The highest BCUT2D eigenvalue weighted by Crippen LogP contribution is 2.28. The van der Waals surface area contributed by atoms with Crippen LogP contribution in [-0.4, -0.2) is 12.1 Å². The molecule has 1 aromatic carbocycles. The van der Waals surface area contributed by atoms with Gasteiger partial charge in [-0.2, -0.15) is 5.26 Å². The van der Waals surface area contributed by atoms with Crippen LogP contribution in [0.15, 0.2) is 36.5 Å². The van der Waals surface area contributed by atoms with Gasteiger partial charge in [-0.3, -0.25) is 4.98 Å². The van der Waals surface area contributed by atoms with E-state index in [2.05, 4.69) is 11.1 Å². The zero-order valence-electron chi connectivity index (χ0n) is 9.77. The van der Waals surface area contributed by atoms with Gasteiger partial charge in [0.2, 0.25) is 0 Å². The number of nitrogens with zero attached hydrogens (tertiary/aromatic N) is 2. The molecule has 0 saturated heterocycles. The van der Waals surface area contributed by atoms with E-state index in [1.165, 1.54) is 0 Å². The van der Waals surface area contributed by atoms with Gasteiger partial charge in [0.25, 0.3) is 0 Å². The monoisotopic (exact) mass is 224 g/mol. The average Bonchev–Trinajstić information content (AvgIpc) is 2.38. The highest BCUT2D eigenvalue weighted by Gasteiger charge is 2.08. The van der Waals surface area contributed by atoms with Crippen LogP contribution < -0.4 is 4.74 Å². The molecule has 0 saturated carbocycles. The second kappa shape index (κ2) is 4.67. The Balaban J connectivity index is 2.61. The molecule has 1 aromatic heterocycles. The van der Waals surface area contributed by atoms with Crippen molar-refractivity contribution in [3.63, 3.8) is 0 Å². The third kappa shape index (κ3) is 2.11. The maximum atomic E-state index is 9.16. The Morgan fingerprint density at radius 1 is 1.24 bits per heavy atom. The molecule has 0 aliphatic carbocycles. The summed E-state index contributed by atoms with van der Waals surface area (Å²) in [4.78, 5) is 4.23. The molecule has 0 spiro atoms. The summed E-state index contributed by atoms with van der Waals surface area (Å²) in [6, 6.07) is 11.5. The summed E-state index contributed by atoms with van der Waals surface area (Å²) in [5.41, 5.74) is 3.38. The Morgan fingerprint density at radius 2 is 2.06 bits per heavy atom. The minimum atomic E-state index is 0.598. The van der Waals surface area contributed by atoms with Gasteiger partial charge in [-0.15, -0.1) is 0 Å². The Bertz CT molecular complexity index is 585. The molecule has 0 radical (unpaired) electrons. The lowest BCUT2D eigenvalue weighted by Gasteiger charge is -2.08. The number of hydrogen-bond acceptors (Lipinski definition) is 3. The Kier molecular flexibility index (Phi) is 3.06. The molecule has 0 aliphatic rings. The Hall–Kier alpha value is -2.34. The highest BCUT2D eigenvalue weighted by molar-refractivity contribution is 5.73. The van der Waals surface area contributed by atoms with Crippen molar-refractivity contribution in [2.24, 2.45) is 0 Å². The van der Waals surface area contributed by atoms with Crippen molar-refractivity contribution in [3.8, 4) is 22.9 Å². The number of pyridine rings is 1. The summed E-state index contributed by atoms with van der Waals surface area (Å²) >= 11 is 0. The number of nitriles is 1. The van der Waals surface area contributed by atoms with E-state index in [1.54, 1.807) is 19.4 Å². The predicted molar refractivity (Wildman–Crippen MR) is 65.7 cm³/mol. The van der Waals surface area contributed by atoms with E-state index in [0.29, 0.717) is 11.3 Å². The third-order valence-corrected chi connectivity index (χ3v) is 2.64. The molecule has 0 amide bonds. The van der Waals surface area contributed by atoms with Crippen molar-refractivity contribution in [3.05, 3.63) is 47.8 Å². The fourth-order valence-corrected chi connectivity index (χ4v) is 1.75. The average molecular weight is 224 g/mol. The fourth-order valence-electron chi connectivity index (χ4n) is 1.75. The van der Waals surface area contributed by atoms with E-state index in [9.17, 15) is 0 Å². The normalized spacial score (nSPS) is 9.71. The first kappa shape index (κ1) is 11.2. The summed E-state index contributed by atoms with van der Waals surface area (Å²) in [5.74, 6) is 0.687. The van der Waals surface area contributed by atoms with E-state index >= 15 is 0 Å². The van der Waals surface area contributed by atoms with Crippen LogP contribution in [0.1, 0.15) is 11.3 Å². The van der Waals surface area contributed by atoms with Crippen LogP contribution >= 0.6 is 0 Å². The molecule has 0 N–H and O–H groups in total. The van der Waals surface area contributed by atoms with Crippen LogP contribution in [0.3, 0.4) is 0 Å². The van der Waals surface area contributed by atoms with Crippen LogP contribution in [0, 0.1) is 18.3 Å². The second-order valence-corrected chi connectivity index (χ2v) is 3.66. The van der Waals surface area contributed by atoms with Crippen molar-refractivity contribution in [1.82, 2.24) is 4.98 Å². The zero-order chi connectivity index (χ0) is 12.3. The van der Waals surface area contributed by atoms with E-state index in [1.807, 2.05) is 31.2 Å². The van der Waals surface area contributed by atoms with Crippen molar-refractivity contribution in [2.45, 2.75) is 6.92 Å². The van der Waals surface area contributed by atoms with Gasteiger partial charge in [-0.05, 0) is 31.2 Å². The Labute approximate surface area is 100 Å². The van der Waals surface area contributed by atoms with Crippen molar-refractivity contribution >= 4 is 0 Å². The van der Waals surface area contributed by atoms with Gasteiger partial charge in [0.15, 0.2) is 0 Å². The highest BCUT2D eigenvalue weighted by atomic mass is 16.5. The number of rotatable bonds is 2. The van der Waals surface area contributed by atoms with Crippen LogP contribution in [0.4, 0.5) is 0 Å². The first-order chi connectivity index (χ1) is 8.26. The smallest absolute Gasteiger partial charge is 0.120 e. The van der Waals surface area contributed by atoms with Crippen LogP contribution in [0.25, 0.3) is 11.1 Å². The van der Waals surface area contributed by atoms with Gasteiger partial charge in [-0.1, -0.05) is 6.07 Å². The molecule has 2 aromatic rings. The standard InChI is InChI=1S/C14H12N2O/c1-10-13(4-3-7-16-10)14-6-5-12(17-2)8-11(14)9-15/h3-8H,1-2H3. The summed E-state index contributed by atoms with van der Waals surface area (Å²) in [6.07, 6.45) is 1.74. The van der Waals surface area contributed by atoms with Gasteiger partial charge >= 0.3 is 0 Å². The molecule has 17 heavy (non-hydrogen) atoms. The minimum Gasteiger partial charge on any atom is -0.497 e. The first-order valence-corrected chi connectivity index (χ1v) is 5.26. The quantitative estimate of drug-likeness (QED) is 0.787. The molecule has 0 aliphatic heterocycles. The van der Waals surface area contributed by atoms with E-state index in [4.69, 9.17) is 10.00 Å². The van der Waals surface area contributed by atoms with Crippen LogP contribution in [-0.2, 0) is 0 Å². The Morgan fingerprint density at radius 3 is 2.71 bits per heavy atom. The largest absolute Gasteiger partial charge is 0.497 e. The number of aryl methyl sites for hydroxylation is 1. The van der Waals surface area contributed by atoms with Gasteiger partial charge < -0.3 is 4.74 Å². The van der Waals surface area contributed by atoms with Gasteiger partial charge in [0.1, 0.15) is 5.75 Å². The SMILES string of the molecule is COc1ccc(-c2cccnc2C)c(C#N)c1. The molecule has 0 atom stereocenters. The van der Waals surface area contributed by atoms with Gasteiger partial charge in [0.05, 0.1) is 18.7 Å². The van der Waals surface area contributed by atoms with E-state index in [0.717, 1.165) is 16.8 Å². The molecule has 3 nitrogen and oxygen atoms in total. The van der Waals surface area contributed by atoms with Crippen LogP contribution in [0.5, 0.6) is 5.75 Å². The molecule has 0 fully saturated rings. The zero-order valence-corrected chi connectivity index (χ0v) is 9.77. The third-order valence-electron chi connectivity index (χ3n) is 2.64.